The molecular weight excluding hydrogens is 468 g/mol. The van der Waals surface area contributed by atoms with Crippen molar-refractivity contribution >= 4 is 23.0 Å². The quantitative estimate of drug-likeness (QED) is 0.344. The molecule has 1 saturated heterocycles. The van der Waals surface area contributed by atoms with Gasteiger partial charge in [-0.05, 0) is 42.8 Å². The van der Waals surface area contributed by atoms with Gasteiger partial charge in [0.15, 0.2) is 0 Å². The second kappa shape index (κ2) is 11.5. The summed E-state index contributed by atoms with van der Waals surface area (Å²) in [5, 5.41) is 3.41. The summed E-state index contributed by atoms with van der Waals surface area (Å²) in [4.78, 5) is 14.2. The van der Waals surface area contributed by atoms with Crippen LogP contribution >= 0.6 is 0 Å². The van der Waals surface area contributed by atoms with Crippen LogP contribution in [0, 0.1) is 0 Å². The summed E-state index contributed by atoms with van der Waals surface area (Å²) in [5.74, 6) is 2.30. The number of anilines is 3. The first kappa shape index (κ1) is 24.9. The zero-order chi connectivity index (χ0) is 25.6. The number of aromatic nitrogens is 3. The summed E-state index contributed by atoms with van der Waals surface area (Å²) < 4.78 is 18.5. The summed E-state index contributed by atoms with van der Waals surface area (Å²) in [6, 6.07) is 16.0. The molecule has 2 aromatic carbocycles. The van der Waals surface area contributed by atoms with E-state index in [-0.39, 0.29) is 0 Å². The summed E-state index contributed by atoms with van der Waals surface area (Å²) in [6.45, 7) is 5.73. The number of imidazole rings is 1. The fourth-order valence-corrected chi connectivity index (χ4v) is 4.59. The van der Waals surface area contributed by atoms with Gasteiger partial charge in [0.05, 0.1) is 38.8 Å². The van der Waals surface area contributed by atoms with E-state index < -0.39 is 0 Å². The van der Waals surface area contributed by atoms with Gasteiger partial charge < -0.3 is 24.4 Å². The van der Waals surface area contributed by atoms with Crippen molar-refractivity contribution in [3.05, 3.63) is 60.9 Å². The highest BCUT2D eigenvalue weighted by molar-refractivity contribution is 5.73. The van der Waals surface area contributed by atoms with E-state index in [1.807, 2.05) is 47.0 Å². The lowest BCUT2D eigenvalue weighted by Gasteiger charge is -2.28. The van der Waals surface area contributed by atoms with Crippen LogP contribution in [0.4, 0.5) is 17.3 Å². The van der Waals surface area contributed by atoms with Gasteiger partial charge in [-0.1, -0.05) is 6.07 Å². The van der Waals surface area contributed by atoms with Gasteiger partial charge >= 0.3 is 0 Å². The lowest BCUT2D eigenvalue weighted by molar-refractivity contribution is 0.0377. The molecule has 5 rings (SSSR count). The maximum atomic E-state index is 5.80. The van der Waals surface area contributed by atoms with Crippen LogP contribution in [0.1, 0.15) is 6.42 Å². The Balaban J connectivity index is 1.35. The molecule has 1 fully saturated rings. The van der Waals surface area contributed by atoms with E-state index in [9.17, 15) is 0 Å². The first-order valence-corrected chi connectivity index (χ1v) is 12.6. The van der Waals surface area contributed by atoms with Crippen molar-refractivity contribution in [1.29, 1.82) is 0 Å². The molecule has 9 nitrogen and oxygen atoms in total. The molecule has 0 radical (unpaired) electrons. The Labute approximate surface area is 217 Å². The van der Waals surface area contributed by atoms with Crippen LogP contribution in [0.5, 0.6) is 11.5 Å². The number of morpholine rings is 1. The van der Waals surface area contributed by atoms with Gasteiger partial charge in [-0.25, -0.2) is 9.97 Å². The molecule has 3 heterocycles. The molecule has 1 N–H and O–H groups in total. The number of fused-ring (bicyclic) bond motifs is 1. The molecule has 0 spiro atoms. The van der Waals surface area contributed by atoms with Crippen LogP contribution in [0.15, 0.2) is 60.9 Å². The predicted octanol–water partition coefficient (Wildman–Crippen LogP) is 4.32. The molecule has 0 aliphatic carbocycles. The average molecular weight is 503 g/mol. The number of nitrogens with one attached hydrogen (secondary N) is 1. The fraction of sp³-hybridized carbons (Fsp3) is 0.357. The minimum atomic E-state index is 0.679. The van der Waals surface area contributed by atoms with E-state index >= 15 is 0 Å². The number of ether oxygens (including phenoxy) is 3. The van der Waals surface area contributed by atoms with Gasteiger partial charge in [-0.3, -0.25) is 9.30 Å². The van der Waals surface area contributed by atoms with Gasteiger partial charge in [0.2, 0.25) is 5.95 Å². The summed E-state index contributed by atoms with van der Waals surface area (Å²) >= 11 is 0. The van der Waals surface area contributed by atoms with Gasteiger partial charge in [0, 0.05) is 62.9 Å². The third kappa shape index (κ3) is 5.79. The first-order chi connectivity index (χ1) is 18.1. The number of rotatable bonds is 10. The Kier molecular flexibility index (Phi) is 7.72. The van der Waals surface area contributed by atoms with Crippen molar-refractivity contribution in [2.75, 3.05) is 70.9 Å². The third-order valence-corrected chi connectivity index (χ3v) is 6.69. The molecule has 1 aliphatic heterocycles. The molecule has 4 aromatic rings. The van der Waals surface area contributed by atoms with Crippen LogP contribution in [-0.4, -0.2) is 79.9 Å². The van der Waals surface area contributed by atoms with E-state index in [4.69, 9.17) is 19.2 Å². The molecule has 0 saturated carbocycles. The van der Waals surface area contributed by atoms with Crippen molar-refractivity contribution in [3.63, 3.8) is 0 Å². The van der Waals surface area contributed by atoms with E-state index in [2.05, 4.69) is 39.3 Å². The van der Waals surface area contributed by atoms with Crippen LogP contribution in [-0.2, 0) is 4.74 Å². The van der Waals surface area contributed by atoms with Crippen LogP contribution in [0.2, 0.25) is 0 Å². The van der Waals surface area contributed by atoms with E-state index in [1.165, 1.54) is 0 Å². The summed E-state index contributed by atoms with van der Waals surface area (Å²) in [5.41, 5.74) is 4.56. The molecule has 37 heavy (non-hydrogen) atoms. The molecule has 0 atom stereocenters. The summed E-state index contributed by atoms with van der Waals surface area (Å²) in [6.07, 6.45) is 4.75. The van der Waals surface area contributed by atoms with Crippen molar-refractivity contribution in [3.8, 4) is 22.8 Å². The highest BCUT2D eigenvalue weighted by Gasteiger charge is 2.15. The number of benzene rings is 2. The Morgan fingerprint density at radius 1 is 1.03 bits per heavy atom. The molecule has 0 bridgehead atoms. The predicted molar refractivity (Wildman–Crippen MR) is 146 cm³/mol. The topological polar surface area (TPSA) is 76.4 Å². The average Bonchev–Trinajstić information content (AvgIpc) is 3.43. The second-order valence-corrected chi connectivity index (χ2v) is 9.09. The normalized spacial score (nSPS) is 14.0. The lowest BCUT2D eigenvalue weighted by atomic mass is 10.1. The monoisotopic (exact) mass is 502 g/mol. The Hall–Kier alpha value is -3.82. The van der Waals surface area contributed by atoms with E-state index in [0.717, 1.165) is 85.6 Å². The van der Waals surface area contributed by atoms with Gasteiger partial charge in [0.25, 0.3) is 0 Å². The lowest BCUT2D eigenvalue weighted by Crippen LogP contribution is -2.37. The van der Waals surface area contributed by atoms with E-state index in [0.29, 0.717) is 5.95 Å². The number of methoxy groups -OCH3 is 2. The molecule has 0 amide bonds. The maximum Gasteiger partial charge on any atom is 0.213 e. The summed E-state index contributed by atoms with van der Waals surface area (Å²) in [7, 11) is 5.49. The largest absolute Gasteiger partial charge is 0.497 e. The Morgan fingerprint density at radius 2 is 1.84 bits per heavy atom. The Bertz CT molecular complexity index is 1320. The van der Waals surface area contributed by atoms with Gasteiger partial charge in [-0.15, -0.1) is 0 Å². The fourth-order valence-electron chi connectivity index (χ4n) is 4.59. The van der Waals surface area contributed by atoms with Crippen molar-refractivity contribution in [1.82, 2.24) is 19.3 Å². The first-order valence-electron chi connectivity index (χ1n) is 12.6. The van der Waals surface area contributed by atoms with Crippen LogP contribution < -0.4 is 19.7 Å². The highest BCUT2D eigenvalue weighted by Crippen LogP contribution is 2.33. The molecule has 0 unspecified atom stereocenters. The maximum absolute atomic E-state index is 5.80. The van der Waals surface area contributed by atoms with Crippen LogP contribution in [0.3, 0.4) is 0 Å². The molecule has 2 aromatic heterocycles. The van der Waals surface area contributed by atoms with E-state index in [1.54, 1.807) is 20.4 Å². The van der Waals surface area contributed by atoms with Crippen molar-refractivity contribution in [2.24, 2.45) is 0 Å². The molecule has 1 aliphatic rings. The highest BCUT2D eigenvalue weighted by atomic mass is 16.5. The molecule has 9 heteroatoms. The minimum absolute atomic E-state index is 0.679. The zero-order valence-corrected chi connectivity index (χ0v) is 21.7. The van der Waals surface area contributed by atoms with Crippen molar-refractivity contribution < 1.29 is 14.2 Å². The van der Waals surface area contributed by atoms with Gasteiger partial charge in [-0.2, -0.15) is 0 Å². The standard InChI is InChI=1S/C28H34N6O3/c1-32(12-4-13-33-15-17-37-18-16-33)25-10-5-21(19-26(25)36-3)24-20-27-29-11-14-34(27)28(31-24)30-22-6-8-23(35-2)9-7-22/h5-11,14,19-20H,4,12-13,15-18H2,1-3H3,(H,30,31). The Morgan fingerprint density at radius 3 is 2.59 bits per heavy atom. The number of hydrogen-bond acceptors (Lipinski definition) is 8. The second-order valence-electron chi connectivity index (χ2n) is 9.09. The number of nitrogens with zero attached hydrogens (tertiary/aromatic N) is 5. The molecular formula is C28H34N6O3. The third-order valence-electron chi connectivity index (χ3n) is 6.69. The SMILES string of the molecule is COc1ccc(Nc2nc(-c3ccc(N(C)CCCN4CCOCC4)c(OC)c3)cc3nccn23)cc1. The van der Waals surface area contributed by atoms with Crippen molar-refractivity contribution in [2.45, 2.75) is 6.42 Å². The minimum Gasteiger partial charge on any atom is -0.497 e. The van der Waals surface area contributed by atoms with Crippen LogP contribution in [0.25, 0.3) is 16.9 Å². The zero-order valence-electron chi connectivity index (χ0n) is 21.7. The van der Waals surface area contributed by atoms with Gasteiger partial charge in [0.1, 0.15) is 17.1 Å². The molecule has 194 valence electrons. The number of hydrogen-bond donors (Lipinski definition) is 1. The smallest absolute Gasteiger partial charge is 0.213 e.